The van der Waals surface area contributed by atoms with Gasteiger partial charge in [0.05, 0.1) is 24.4 Å². The summed E-state index contributed by atoms with van der Waals surface area (Å²) in [5.74, 6) is 0.637. The molecule has 0 saturated carbocycles. The lowest BCUT2D eigenvalue weighted by Gasteiger charge is -2.26. The lowest BCUT2D eigenvalue weighted by molar-refractivity contribution is 0.0828. The quantitative estimate of drug-likeness (QED) is 0.895. The highest BCUT2D eigenvalue weighted by Crippen LogP contribution is 2.34. The predicted molar refractivity (Wildman–Crippen MR) is 105 cm³/mol. The fourth-order valence-corrected chi connectivity index (χ4v) is 3.41. The van der Waals surface area contributed by atoms with Gasteiger partial charge in [-0.25, -0.2) is 4.79 Å². The van der Waals surface area contributed by atoms with E-state index < -0.39 is 0 Å². The molecule has 142 valence electrons. The first-order chi connectivity index (χ1) is 13.0. The molecule has 1 heterocycles. The second-order valence-electron chi connectivity index (χ2n) is 6.80. The molecular weight excluding hydrogens is 342 g/mol. The molecule has 27 heavy (non-hydrogen) atoms. The molecule has 0 aromatic heterocycles. The number of anilines is 1. The molecule has 1 fully saturated rings. The average Bonchev–Trinajstić information content (AvgIpc) is 3.18. The lowest BCUT2D eigenvalue weighted by atomic mass is 10.0. The number of benzene rings is 2. The third kappa shape index (κ3) is 4.05. The molecule has 0 spiro atoms. The van der Waals surface area contributed by atoms with E-state index in [4.69, 9.17) is 4.74 Å². The number of amides is 3. The van der Waals surface area contributed by atoms with Crippen LogP contribution in [0.4, 0.5) is 10.5 Å². The van der Waals surface area contributed by atoms with E-state index in [9.17, 15) is 9.59 Å². The van der Waals surface area contributed by atoms with Crippen LogP contribution in [0.3, 0.4) is 0 Å². The van der Waals surface area contributed by atoms with Gasteiger partial charge in [0.1, 0.15) is 5.75 Å². The highest BCUT2D eigenvalue weighted by atomic mass is 16.5. The van der Waals surface area contributed by atoms with Gasteiger partial charge >= 0.3 is 6.03 Å². The van der Waals surface area contributed by atoms with Gasteiger partial charge < -0.3 is 19.9 Å². The van der Waals surface area contributed by atoms with Crippen LogP contribution in [0.5, 0.6) is 5.75 Å². The van der Waals surface area contributed by atoms with Crippen LogP contribution < -0.4 is 10.1 Å². The summed E-state index contributed by atoms with van der Waals surface area (Å²) in [5.41, 5.74) is 2.06. The zero-order valence-electron chi connectivity index (χ0n) is 15.9. The fraction of sp³-hybridized carbons (Fsp3) is 0.333. The standard InChI is InChI=1S/C21H25N3O3/c1-23(2)20(25)17-10-4-5-11-18(17)22-21(26)24-13-7-12-19(24)15-8-6-9-16(14-15)27-3/h4-6,8-11,14,19H,7,12-13H2,1-3H3,(H,22,26). The van der Waals surface area contributed by atoms with Crippen molar-refractivity contribution in [2.75, 3.05) is 33.1 Å². The lowest BCUT2D eigenvalue weighted by Crippen LogP contribution is -2.35. The summed E-state index contributed by atoms with van der Waals surface area (Å²) >= 11 is 0. The Hall–Kier alpha value is -3.02. The molecule has 1 aliphatic rings. The maximum atomic E-state index is 13.0. The molecule has 1 atom stereocenters. The number of methoxy groups -OCH3 is 1. The Morgan fingerprint density at radius 1 is 1.15 bits per heavy atom. The van der Waals surface area contributed by atoms with E-state index in [-0.39, 0.29) is 18.0 Å². The summed E-state index contributed by atoms with van der Waals surface area (Å²) in [6.07, 6.45) is 1.84. The largest absolute Gasteiger partial charge is 0.497 e. The molecule has 1 aliphatic heterocycles. The monoisotopic (exact) mass is 367 g/mol. The van der Waals surface area contributed by atoms with Gasteiger partial charge in [0.15, 0.2) is 0 Å². The second-order valence-corrected chi connectivity index (χ2v) is 6.80. The van der Waals surface area contributed by atoms with Crippen molar-refractivity contribution < 1.29 is 14.3 Å². The number of nitrogens with one attached hydrogen (secondary N) is 1. The van der Waals surface area contributed by atoms with Gasteiger partial charge in [-0.2, -0.15) is 0 Å². The SMILES string of the molecule is COc1cccc(C2CCCN2C(=O)Nc2ccccc2C(=O)N(C)C)c1. The minimum absolute atomic E-state index is 0.00295. The second kappa shape index (κ2) is 8.12. The molecule has 2 aromatic rings. The number of likely N-dealkylation sites (tertiary alicyclic amines) is 1. The number of carbonyl (C=O) groups excluding carboxylic acids is 2. The molecule has 2 aromatic carbocycles. The summed E-state index contributed by atoms with van der Waals surface area (Å²) in [6, 6.07) is 14.7. The van der Waals surface area contributed by atoms with Crippen LogP contribution in [0.2, 0.25) is 0 Å². The van der Waals surface area contributed by atoms with Crippen molar-refractivity contribution in [2.24, 2.45) is 0 Å². The number of rotatable bonds is 4. The number of para-hydroxylation sites is 1. The Kier molecular flexibility index (Phi) is 5.64. The Labute approximate surface area is 159 Å². The Morgan fingerprint density at radius 2 is 1.93 bits per heavy atom. The molecule has 3 amide bonds. The normalized spacial score (nSPS) is 16.1. The maximum absolute atomic E-state index is 13.0. The van der Waals surface area contributed by atoms with Crippen LogP contribution in [0.1, 0.15) is 34.8 Å². The molecule has 0 bridgehead atoms. The fourth-order valence-electron chi connectivity index (χ4n) is 3.41. The molecule has 0 aliphatic carbocycles. The minimum Gasteiger partial charge on any atom is -0.497 e. The third-order valence-corrected chi connectivity index (χ3v) is 4.80. The van der Waals surface area contributed by atoms with Crippen molar-refractivity contribution in [3.63, 3.8) is 0 Å². The zero-order valence-corrected chi connectivity index (χ0v) is 15.9. The highest BCUT2D eigenvalue weighted by Gasteiger charge is 2.30. The van der Waals surface area contributed by atoms with Crippen molar-refractivity contribution in [1.82, 2.24) is 9.80 Å². The number of carbonyl (C=O) groups is 2. The van der Waals surface area contributed by atoms with Gasteiger partial charge in [0.2, 0.25) is 0 Å². The Balaban J connectivity index is 1.81. The first kappa shape index (κ1) is 18.8. The zero-order chi connectivity index (χ0) is 19.4. The molecule has 1 saturated heterocycles. The van der Waals surface area contributed by atoms with Crippen LogP contribution in [-0.2, 0) is 0 Å². The van der Waals surface area contributed by atoms with Gasteiger partial charge in [-0.3, -0.25) is 4.79 Å². The number of hydrogen-bond donors (Lipinski definition) is 1. The van der Waals surface area contributed by atoms with Crippen molar-refractivity contribution in [2.45, 2.75) is 18.9 Å². The molecule has 6 heteroatoms. The molecule has 0 radical (unpaired) electrons. The van der Waals surface area contributed by atoms with Crippen molar-refractivity contribution in [1.29, 1.82) is 0 Å². The average molecular weight is 367 g/mol. The molecular formula is C21H25N3O3. The van der Waals surface area contributed by atoms with Gasteiger partial charge in [-0.1, -0.05) is 24.3 Å². The van der Waals surface area contributed by atoms with E-state index in [1.54, 1.807) is 39.4 Å². The van der Waals surface area contributed by atoms with Crippen molar-refractivity contribution >= 4 is 17.6 Å². The number of urea groups is 1. The van der Waals surface area contributed by atoms with E-state index >= 15 is 0 Å². The Bertz CT molecular complexity index is 835. The van der Waals surface area contributed by atoms with Gasteiger partial charge in [-0.05, 0) is 42.7 Å². The van der Waals surface area contributed by atoms with Crippen molar-refractivity contribution in [3.05, 3.63) is 59.7 Å². The molecule has 3 rings (SSSR count). The summed E-state index contributed by atoms with van der Waals surface area (Å²) < 4.78 is 5.31. The predicted octanol–water partition coefficient (Wildman–Crippen LogP) is 3.77. The first-order valence-corrected chi connectivity index (χ1v) is 9.03. The van der Waals surface area contributed by atoms with E-state index in [0.29, 0.717) is 17.8 Å². The number of nitrogens with zero attached hydrogens (tertiary/aromatic N) is 2. The number of ether oxygens (including phenoxy) is 1. The van der Waals surface area contributed by atoms with Crippen LogP contribution in [0.15, 0.2) is 48.5 Å². The maximum Gasteiger partial charge on any atom is 0.322 e. The minimum atomic E-state index is -0.195. The third-order valence-electron chi connectivity index (χ3n) is 4.80. The van der Waals surface area contributed by atoms with Crippen molar-refractivity contribution in [3.8, 4) is 5.75 Å². The molecule has 1 N–H and O–H groups in total. The van der Waals surface area contributed by atoms with Gasteiger partial charge in [0.25, 0.3) is 5.91 Å². The topological polar surface area (TPSA) is 61.9 Å². The van der Waals surface area contributed by atoms with E-state index in [1.807, 2.05) is 35.2 Å². The molecule has 1 unspecified atom stereocenters. The van der Waals surface area contributed by atoms with E-state index in [0.717, 1.165) is 24.2 Å². The van der Waals surface area contributed by atoms with Crippen LogP contribution in [-0.4, -0.2) is 49.5 Å². The Morgan fingerprint density at radius 3 is 2.67 bits per heavy atom. The van der Waals surface area contributed by atoms with E-state index in [2.05, 4.69) is 5.32 Å². The summed E-state index contributed by atoms with van der Waals surface area (Å²) in [4.78, 5) is 28.7. The van der Waals surface area contributed by atoms with Crippen LogP contribution in [0, 0.1) is 0 Å². The molecule has 6 nitrogen and oxygen atoms in total. The first-order valence-electron chi connectivity index (χ1n) is 9.03. The smallest absolute Gasteiger partial charge is 0.322 e. The summed E-state index contributed by atoms with van der Waals surface area (Å²) in [7, 11) is 5.03. The van der Waals surface area contributed by atoms with Gasteiger partial charge in [0, 0.05) is 20.6 Å². The highest BCUT2D eigenvalue weighted by molar-refractivity contribution is 6.03. The van der Waals surface area contributed by atoms with Crippen LogP contribution in [0.25, 0.3) is 0 Å². The van der Waals surface area contributed by atoms with Crippen LogP contribution >= 0.6 is 0 Å². The van der Waals surface area contributed by atoms with Gasteiger partial charge in [-0.15, -0.1) is 0 Å². The number of hydrogen-bond acceptors (Lipinski definition) is 3. The summed E-state index contributed by atoms with van der Waals surface area (Å²) in [6.45, 7) is 0.678. The van der Waals surface area contributed by atoms with E-state index in [1.165, 1.54) is 4.90 Å². The summed E-state index contributed by atoms with van der Waals surface area (Å²) in [5, 5.41) is 2.92.